The largest absolute Gasteiger partial charge is 0.358 e. The monoisotopic (exact) mass is 255 g/mol. The van der Waals surface area contributed by atoms with Gasteiger partial charge in [0.2, 0.25) is 0 Å². The maximum Gasteiger partial charge on any atom is 0.196 e. The fourth-order valence-corrected chi connectivity index (χ4v) is 1.55. The number of Topliss-reactive ketones (excluding diaryl/α,β-unsaturated/α-hetero) is 1. The molecule has 3 nitrogen and oxygen atoms in total. The van der Waals surface area contributed by atoms with Crippen molar-refractivity contribution in [2.24, 2.45) is 0 Å². The molecule has 74 valence electrons. The third-order valence-electron chi connectivity index (χ3n) is 2.25. The number of pyridine rings is 1. The predicted octanol–water partition coefficient (Wildman–Crippen LogP) is 2.20. The van der Waals surface area contributed by atoms with Gasteiger partial charge in [-0.2, -0.15) is 0 Å². The highest BCUT2D eigenvalue weighted by Gasteiger charge is 2.52. The number of carbonyl (C=O) groups excluding carboxylic acids is 1. The molecule has 0 N–H and O–H groups in total. The number of halogens is 1. The van der Waals surface area contributed by atoms with Crippen molar-refractivity contribution in [3.8, 4) is 0 Å². The lowest BCUT2D eigenvalue weighted by Gasteiger charge is -1.97. The number of epoxide rings is 1. The first-order chi connectivity index (χ1) is 6.50. The SMILES string of the molecule is CC1(C)OC1C(=O)c1ccc(Br)nc1. The Balaban J connectivity index is 2.17. The maximum absolute atomic E-state index is 11.8. The Hall–Kier alpha value is -0.740. The summed E-state index contributed by atoms with van der Waals surface area (Å²) in [7, 11) is 0. The standard InChI is InChI=1S/C10H10BrNO2/c1-10(2)9(14-10)8(13)6-3-4-7(11)12-5-6/h3-5,9H,1-2H3. The number of rotatable bonds is 2. The number of nitrogens with zero attached hydrogens (tertiary/aromatic N) is 1. The summed E-state index contributed by atoms with van der Waals surface area (Å²) in [4.78, 5) is 15.8. The van der Waals surface area contributed by atoms with Crippen LogP contribution in [0.3, 0.4) is 0 Å². The highest BCUT2D eigenvalue weighted by atomic mass is 79.9. The smallest absolute Gasteiger partial charge is 0.196 e. The van der Waals surface area contributed by atoms with E-state index in [1.807, 2.05) is 13.8 Å². The lowest BCUT2D eigenvalue weighted by atomic mass is 10.0. The Labute approximate surface area is 90.6 Å². The summed E-state index contributed by atoms with van der Waals surface area (Å²) in [5.74, 6) is 0.00926. The molecule has 14 heavy (non-hydrogen) atoms. The summed E-state index contributed by atoms with van der Waals surface area (Å²) in [6.45, 7) is 3.81. The van der Waals surface area contributed by atoms with E-state index in [0.717, 1.165) is 4.60 Å². The van der Waals surface area contributed by atoms with Gasteiger partial charge in [0.1, 0.15) is 10.7 Å². The van der Waals surface area contributed by atoms with E-state index in [4.69, 9.17) is 4.74 Å². The summed E-state index contributed by atoms with van der Waals surface area (Å²) in [5, 5.41) is 0. The number of carbonyl (C=O) groups is 1. The number of hydrogen-bond acceptors (Lipinski definition) is 3. The van der Waals surface area contributed by atoms with E-state index in [1.54, 1.807) is 18.3 Å². The Kier molecular flexibility index (Phi) is 2.20. The van der Waals surface area contributed by atoms with Gasteiger partial charge in [-0.25, -0.2) is 4.98 Å². The fraction of sp³-hybridized carbons (Fsp3) is 0.400. The van der Waals surface area contributed by atoms with Crippen LogP contribution in [0.5, 0.6) is 0 Å². The van der Waals surface area contributed by atoms with Crippen LogP contribution in [0.25, 0.3) is 0 Å². The molecule has 1 unspecified atom stereocenters. The highest BCUT2D eigenvalue weighted by molar-refractivity contribution is 9.10. The average Bonchev–Trinajstić information content (AvgIpc) is 2.75. The summed E-state index contributed by atoms with van der Waals surface area (Å²) < 4.78 is 5.99. The van der Waals surface area contributed by atoms with Gasteiger partial charge < -0.3 is 4.74 Å². The van der Waals surface area contributed by atoms with E-state index in [0.29, 0.717) is 5.56 Å². The van der Waals surface area contributed by atoms with Crippen LogP contribution < -0.4 is 0 Å². The molecular formula is C10H10BrNO2. The molecule has 1 aliphatic rings. The molecule has 1 aromatic heterocycles. The van der Waals surface area contributed by atoms with E-state index in [1.165, 1.54) is 0 Å². The van der Waals surface area contributed by atoms with Crippen molar-refractivity contribution in [1.82, 2.24) is 4.98 Å². The molecule has 1 aliphatic heterocycles. The molecule has 1 atom stereocenters. The third kappa shape index (κ3) is 1.72. The van der Waals surface area contributed by atoms with E-state index in [-0.39, 0.29) is 17.5 Å². The van der Waals surface area contributed by atoms with Crippen molar-refractivity contribution in [2.45, 2.75) is 25.6 Å². The second kappa shape index (κ2) is 3.14. The van der Waals surface area contributed by atoms with Crippen LogP contribution in [-0.2, 0) is 4.74 Å². The van der Waals surface area contributed by atoms with Crippen LogP contribution in [0, 0.1) is 0 Å². The van der Waals surface area contributed by atoms with Crippen molar-refractivity contribution >= 4 is 21.7 Å². The van der Waals surface area contributed by atoms with E-state index in [2.05, 4.69) is 20.9 Å². The molecule has 0 spiro atoms. The van der Waals surface area contributed by atoms with Crippen molar-refractivity contribution in [3.05, 3.63) is 28.5 Å². The van der Waals surface area contributed by atoms with Crippen LogP contribution in [0.15, 0.2) is 22.9 Å². The van der Waals surface area contributed by atoms with Gasteiger partial charge in [-0.05, 0) is 41.9 Å². The van der Waals surface area contributed by atoms with Crippen LogP contribution in [0.1, 0.15) is 24.2 Å². The molecular weight excluding hydrogens is 246 g/mol. The van der Waals surface area contributed by atoms with Gasteiger partial charge in [-0.3, -0.25) is 4.79 Å². The number of hydrogen-bond donors (Lipinski definition) is 0. The third-order valence-corrected chi connectivity index (χ3v) is 2.71. The molecule has 0 bridgehead atoms. The van der Waals surface area contributed by atoms with E-state index in [9.17, 15) is 4.79 Å². The minimum Gasteiger partial charge on any atom is -0.358 e. The first kappa shape index (κ1) is 9.80. The number of aromatic nitrogens is 1. The molecule has 0 aromatic carbocycles. The zero-order chi connectivity index (χ0) is 10.3. The molecule has 1 saturated heterocycles. The summed E-state index contributed by atoms with van der Waals surface area (Å²) in [6, 6.07) is 3.50. The Morgan fingerprint density at radius 1 is 1.57 bits per heavy atom. The van der Waals surface area contributed by atoms with Gasteiger partial charge in [0.15, 0.2) is 5.78 Å². The first-order valence-corrected chi connectivity index (χ1v) is 5.13. The van der Waals surface area contributed by atoms with Crippen molar-refractivity contribution in [1.29, 1.82) is 0 Å². The lowest BCUT2D eigenvalue weighted by Crippen LogP contribution is -2.14. The minimum atomic E-state index is -0.301. The molecule has 0 radical (unpaired) electrons. The topological polar surface area (TPSA) is 42.5 Å². The zero-order valence-corrected chi connectivity index (χ0v) is 9.54. The molecule has 4 heteroatoms. The Morgan fingerprint density at radius 3 is 2.64 bits per heavy atom. The number of ketones is 1. The highest BCUT2D eigenvalue weighted by Crippen LogP contribution is 2.37. The first-order valence-electron chi connectivity index (χ1n) is 4.34. The second-order valence-electron chi connectivity index (χ2n) is 3.84. The molecule has 2 heterocycles. The van der Waals surface area contributed by atoms with E-state index >= 15 is 0 Å². The molecule has 0 saturated carbocycles. The van der Waals surface area contributed by atoms with Crippen molar-refractivity contribution < 1.29 is 9.53 Å². The van der Waals surface area contributed by atoms with Crippen LogP contribution in [-0.4, -0.2) is 22.5 Å². The predicted molar refractivity (Wildman–Crippen MR) is 55.2 cm³/mol. The summed E-state index contributed by atoms with van der Waals surface area (Å²) in [5.41, 5.74) is 0.299. The fourth-order valence-electron chi connectivity index (χ4n) is 1.31. The summed E-state index contributed by atoms with van der Waals surface area (Å²) >= 11 is 3.22. The molecule has 0 amide bonds. The van der Waals surface area contributed by atoms with Gasteiger partial charge in [-0.1, -0.05) is 0 Å². The molecule has 1 fully saturated rings. The van der Waals surface area contributed by atoms with Crippen LogP contribution in [0.2, 0.25) is 0 Å². The van der Waals surface area contributed by atoms with Gasteiger partial charge >= 0.3 is 0 Å². The molecule has 0 aliphatic carbocycles. The van der Waals surface area contributed by atoms with Gasteiger partial charge in [0.05, 0.1) is 5.60 Å². The lowest BCUT2D eigenvalue weighted by molar-refractivity contribution is 0.0953. The Morgan fingerprint density at radius 2 is 2.21 bits per heavy atom. The maximum atomic E-state index is 11.8. The molecule has 2 rings (SSSR count). The van der Waals surface area contributed by atoms with Crippen LogP contribution >= 0.6 is 15.9 Å². The number of ether oxygens (including phenoxy) is 1. The normalized spacial score (nSPS) is 23.2. The zero-order valence-electron chi connectivity index (χ0n) is 7.95. The second-order valence-corrected chi connectivity index (χ2v) is 4.65. The van der Waals surface area contributed by atoms with Gasteiger partial charge in [-0.15, -0.1) is 0 Å². The Bertz CT molecular complexity index is 372. The van der Waals surface area contributed by atoms with Gasteiger partial charge in [0.25, 0.3) is 0 Å². The van der Waals surface area contributed by atoms with Gasteiger partial charge in [0, 0.05) is 11.8 Å². The quantitative estimate of drug-likeness (QED) is 0.463. The van der Waals surface area contributed by atoms with Crippen LogP contribution in [0.4, 0.5) is 0 Å². The van der Waals surface area contributed by atoms with E-state index < -0.39 is 0 Å². The average molecular weight is 256 g/mol. The minimum absolute atomic E-state index is 0.00926. The van der Waals surface area contributed by atoms with Crippen molar-refractivity contribution in [2.75, 3.05) is 0 Å². The van der Waals surface area contributed by atoms with Crippen molar-refractivity contribution in [3.63, 3.8) is 0 Å². The summed E-state index contributed by atoms with van der Waals surface area (Å²) in [6.07, 6.45) is 1.26. The molecule has 1 aromatic rings.